The zero-order valence-electron chi connectivity index (χ0n) is 14.7. The van der Waals surface area contributed by atoms with E-state index in [1.165, 1.54) is 5.56 Å². The van der Waals surface area contributed by atoms with Gasteiger partial charge in [0.05, 0.1) is 0 Å². The Morgan fingerprint density at radius 1 is 1.25 bits per heavy atom. The Morgan fingerprint density at radius 3 is 2.75 bits per heavy atom. The molecule has 0 bridgehead atoms. The quantitative estimate of drug-likeness (QED) is 0.799. The number of benzene rings is 1. The highest BCUT2D eigenvalue weighted by Gasteiger charge is 2.26. The summed E-state index contributed by atoms with van der Waals surface area (Å²) < 4.78 is 11.4. The number of nitrogens with zero attached hydrogens (tertiary/aromatic N) is 1. The Hall–Kier alpha value is -1.81. The van der Waals surface area contributed by atoms with E-state index in [1.807, 2.05) is 30.1 Å². The van der Waals surface area contributed by atoms with Crippen LogP contribution in [0, 0.1) is 5.92 Å². The highest BCUT2D eigenvalue weighted by Crippen LogP contribution is 2.29. The van der Waals surface area contributed by atoms with Crippen LogP contribution in [0.2, 0.25) is 0 Å². The number of aryl methyl sites for hydroxylation is 1. The van der Waals surface area contributed by atoms with Gasteiger partial charge in [-0.1, -0.05) is 31.5 Å². The number of ether oxygens (including phenoxy) is 1. The van der Waals surface area contributed by atoms with Gasteiger partial charge in [-0.15, -0.1) is 0 Å². The molecule has 2 aromatic rings. The Balaban J connectivity index is 1.80. The van der Waals surface area contributed by atoms with Crippen molar-refractivity contribution in [1.82, 2.24) is 4.90 Å². The van der Waals surface area contributed by atoms with E-state index in [-0.39, 0.29) is 11.8 Å². The maximum absolute atomic E-state index is 12.7. The topological polar surface area (TPSA) is 42.7 Å². The normalized spacial score (nSPS) is 15.8. The molecular formula is C20H27NO3. The van der Waals surface area contributed by atoms with Crippen molar-refractivity contribution < 1.29 is 13.9 Å². The first-order chi connectivity index (χ1) is 11.7. The Labute approximate surface area is 143 Å². The van der Waals surface area contributed by atoms with Crippen LogP contribution in [-0.2, 0) is 22.5 Å². The lowest BCUT2D eigenvalue weighted by Crippen LogP contribution is -2.35. The lowest BCUT2D eigenvalue weighted by molar-refractivity contribution is -0.137. The fourth-order valence-corrected chi connectivity index (χ4v) is 3.43. The molecule has 0 unspecified atom stereocenters. The van der Waals surface area contributed by atoms with Crippen LogP contribution in [0.3, 0.4) is 0 Å². The molecule has 0 aliphatic carbocycles. The zero-order valence-corrected chi connectivity index (χ0v) is 14.7. The molecule has 4 nitrogen and oxygen atoms in total. The van der Waals surface area contributed by atoms with Crippen LogP contribution in [0.15, 0.2) is 28.7 Å². The minimum atomic E-state index is 0.0982. The SMILES string of the molecule is CCCCc1oc2ccccc2c1CN(C)C(=O)C1CCOCC1. The van der Waals surface area contributed by atoms with Crippen molar-refractivity contribution >= 4 is 16.9 Å². The lowest BCUT2D eigenvalue weighted by atomic mass is 9.98. The monoisotopic (exact) mass is 329 g/mol. The third-order valence-electron chi connectivity index (χ3n) is 4.88. The van der Waals surface area contributed by atoms with Gasteiger partial charge < -0.3 is 14.1 Å². The maximum Gasteiger partial charge on any atom is 0.225 e. The average Bonchev–Trinajstić information content (AvgIpc) is 2.97. The number of rotatable bonds is 6. The molecular weight excluding hydrogens is 302 g/mol. The molecule has 2 heterocycles. The fourth-order valence-electron chi connectivity index (χ4n) is 3.43. The van der Waals surface area contributed by atoms with E-state index in [4.69, 9.17) is 9.15 Å². The first-order valence-electron chi connectivity index (χ1n) is 9.02. The summed E-state index contributed by atoms with van der Waals surface area (Å²) in [5.41, 5.74) is 2.09. The van der Waals surface area contributed by atoms with Gasteiger partial charge >= 0.3 is 0 Å². The van der Waals surface area contributed by atoms with Gasteiger partial charge in [0, 0.05) is 50.1 Å². The summed E-state index contributed by atoms with van der Waals surface area (Å²) in [5.74, 6) is 1.36. The second-order valence-corrected chi connectivity index (χ2v) is 6.68. The van der Waals surface area contributed by atoms with Gasteiger partial charge in [-0.3, -0.25) is 4.79 Å². The third kappa shape index (κ3) is 3.64. The van der Waals surface area contributed by atoms with Gasteiger partial charge in [-0.2, -0.15) is 0 Å². The second kappa shape index (κ2) is 7.84. The Kier molecular flexibility index (Phi) is 5.56. The number of unbranched alkanes of at least 4 members (excludes halogenated alkanes) is 1. The van der Waals surface area contributed by atoms with E-state index in [9.17, 15) is 4.79 Å². The molecule has 0 saturated carbocycles. The molecule has 130 valence electrons. The van der Waals surface area contributed by atoms with Crippen molar-refractivity contribution in [3.8, 4) is 0 Å². The highest BCUT2D eigenvalue weighted by molar-refractivity contribution is 5.83. The predicted octanol–water partition coefficient (Wildman–Crippen LogP) is 4.16. The Bertz CT molecular complexity index is 685. The summed E-state index contributed by atoms with van der Waals surface area (Å²) in [4.78, 5) is 14.6. The minimum absolute atomic E-state index is 0.0982. The predicted molar refractivity (Wildman–Crippen MR) is 94.8 cm³/mol. The smallest absolute Gasteiger partial charge is 0.225 e. The molecule has 1 fully saturated rings. The van der Waals surface area contributed by atoms with Crippen LogP contribution in [0.25, 0.3) is 11.0 Å². The van der Waals surface area contributed by atoms with E-state index in [0.717, 1.165) is 48.8 Å². The number of carbonyl (C=O) groups excluding carboxylic acids is 1. The summed E-state index contributed by atoms with van der Waals surface area (Å²) in [6, 6.07) is 8.13. The summed E-state index contributed by atoms with van der Waals surface area (Å²) in [6.07, 6.45) is 4.83. The molecule has 0 radical (unpaired) electrons. The van der Waals surface area contributed by atoms with Gasteiger partial charge in [-0.25, -0.2) is 0 Å². The van der Waals surface area contributed by atoms with Crippen LogP contribution in [-0.4, -0.2) is 31.1 Å². The van der Waals surface area contributed by atoms with E-state index in [2.05, 4.69) is 13.0 Å². The molecule has 1 aliphatic heterocycles. The van der Waals surface area contributed by atoms with Gasteiger partial charge in [-0.05, 0) is 25.3 Å². The zero-order chi connectivity index (χ0) is 16.9. The largest absolute Gasteiger partial charge is 0.461 e. The average molecular weight is 329 g/mol. The number of hydrogen-bond donors (Lipinski definition) is 0. The molecule has 1 aliphatic rings. The van der Waals surface area contributed by atoms with E-state index >= 15 is 0 Å². The van der Waals surface area contributed by atoms with Gasteiger partial charge in [0.2, 0.25) is 5.91 Å². The number of fused-ring (bicyclic) bond motifs is 1. The number of amides is 1. The number of para-hydroxylation sites is 1. The van der Waals surface area contributed by atoms with E-state index in [0.29, 0.717) is 19.8 Å². The molecule has 24 heavy (non-hydrogen) atoms. The van der Waals surface area contributed by atoms with Crippen molar-refractivity contribution in [3.63, 3.8) is 0 Å². The molecule has 1 aromatic heterocycles. The molecule has 0 spiro atoms. The molecule has 0 atom stereocenters. The van der Waals surface area contributed by atoms with Crippen molar-refractivity contribution in [3.05, 3.63) is 35.6 Å². The van der Waals surface area contributed by atoms with E-state index in [1.54, 1.807) is 0 Å². The summed E-state index contributed by atoms with van der Waals surface area (Å²) in [6.45, 7) is 4.19. The van der Waals surface area contributed by atoms with Crippen LogP contribution < -0.4 is 0 Å². The second-order valence-electron chi connectivity index (χ2n) is 6.68. The molecule has 4 heteroatoms. The van der Waals surface area contributed by atoms with Crippen molar-refractivity contribution in [2.24, 2.45) is 5.92 Å². The van der Waals surface area contributed by atoms with Gasteiger partial charge in [0.1, 0.15) is 11.3 Å². The third-order valence-corrected chi connectivity index (χ3v) is 4.88. The summed E-state index contributed by atoms with van der Waals surface area (Å²) in [7, 11) is 1.91. The fraction of sp³-hybridized carbons (Fsp3) is 0.550. The maximum atomic E-state index is 12.7. The standard InChI is InChI=1S/C20H27NO3/c1-3-4-8-19-17(16-7-5-6-9-18(16)24-19)14-21(2)20(22)15-10-12-23-13-11-15/h5-7,9,15H,3-4,8,10-14H2,1-2H3. The minimum Gasteiger partial charge on any atom is -0.461 e. The molecule has 1 saturated heterocycles. The van der Waals surface area contributed by atoms with Crippen molar-refractivity contribution in [2.75, 3.05) is 20.3 Å². The lowest BCUT2D eigenvalue weighted by Gasteiger charge is -2.26. The molecule has 3 rings (SSSR count). The summed E-state index contributed by atoms with van der Waals surface area (Å²) in [5, 5.41) is 1.13. The first-order valence-corrected chi connectivity index (χ1v) is 9.02. The highest BCUT2D eigenvalue weighted by atomic mass is 16.5. The molecule has 0 N–H and O–H groups in total. The van der Waals surface area contributed by atoms with Crippen LogP contribution in [0.1, 0.15) is 43.9 Å². The van der Waals surface area contributed by atoms with Crippen LogP contribution in [0.5, 0.6) is 0 Å². The van der Waals surface area contributed by atoms with Crippen molar-refractivity contribution in [1.29, 1.82) is 0 Å². The first kappa shape index (κ1) is 17.0. The van der Waals surface area contributed by atoms with Gasteiger partial charge in [0.15, 0.2) is 0 Å². The Morgan fingerprint density at radius 2 is 2.00 bits per heavy atom. The number of carbonyl (C=O) groups is 1. The number of hydrogen-bond acceptors (Lipinski definition) is 3. The van der Waals surface area contributed by atoms with E-state index < -0.39 is 0 Å². The molecule has 1 amide bonds. The van der Waals surface area contributed by atoms with Crippen LogP contribution >= 0.6 is 0 Å². The summed E-state index contributed by atoms with van der Waals surface area (Å²) >= 11 is 0. The van der Waals surface area contributed by atoms with Crippen LogP contribution in [0.4, 0.5) is 0 Å². The van der Waals surface area contributed by atoms with Crippen molar-refractivity contribution in [2.45, 2.75) is 45.6 Å². The number of furan rings is 1. The van der Waals surface area contributed by atoms with Gasteiger partial charge in [0.25, 0.3) is 0 Å². The molecule has 1 aromatic carbocycles.